The SMILES string of the molecule is Cc1cc(F)ccc1NC(=O)CCn1cnc2onc(-c3ccccc3Cl)c2c1=O. The van der Waals surface area contributed by atoms with Crippen molar-refractivity contribution in [2.24, 2.45) is 0 Å². The zero-order valence-corrected chi connectivity index (χ0v) is 16.6. The highest BCUT2D eigenvalue weighted by Crippen LogP contribution is 2.30. The summed E-state index contributed by atoms with van der Waals surface area (Å²) in [4.78, 5) is 29.4. The van der Waals surface area contributed by atoms with Crippen LogP contribution in [-0.2, 0) is 11.3 Å². The van der Waals surface area contributed by atoms with Crippen LogP contribution >= 0.6 is 11.6 Å². The number of carbonyl (C=O) groups excluding carboxylic acids is 1. The molecule has 4 aromatic rings. The molecular formula is C21H16ClFN4O3. The van der Waals surface area contributed by atoms with Crippen LogP contribution in [0.3, 0.4) is 0 Å². The Bertz CT molecular complexity index is 1320. The first-order chi connectivity index (χ1) is 14.4. The Morgan fingerprint density at radius 1 is 1.27 bits per heavy atom. The number of carbonyl (C=O) groups is 1. The van der Waals surface area contributed by atoms with Crippen LogP contribution in [0.4, 0.5) is 10.1 Å². The molecule has 0 unspecified atom stereocenters. The Morgan fingerprint density at radius 2 is 2.07 bits per heavy atom. The predicted molar refractivity (Wildman–Crippen MR) is 111 cm³/mol. The quantitative estimate of drug-likeness (QED) is 0.517. The Balaban J connectivity index is 1.57. The molecule has 0 saturated carbocycles. The summed E-state index contributed by atoms with van der Waals surface area (Å²) in [5, 5.41) is 7.29. The van der Waals surface area contributed by atoms with Gasteiger partial charge in [0.1, 0.15) is 23.2 Å². The number of anilines is 1. The third-order valence-corrected chi connectivity index (χ3v) is 4.96. The zero-order valence-electron chi connectivity index (χ0n) is 15.9. The first-order valence-electron chi connectivity index (χ1n) is 9.10. The minimum atomic E-state index is -0.387. The molecule has 9 heteroatoms. The van der Waals surface area contributed by atoms with E-state index in [1.165, 1.54) is 29.1 Å². The van der Waals surface area contributed by atoms with E-state index in [4.69, 9.17) is 16.1 Å². The minimum Gasteiger partial charge on any atom is -0.335 e. The summed E-state index contributed by atoms with van der Waals surface area (Å²) in [6.07, 6.45) is 1.33. The van der Waals surface area contributed by atoms with Gasteiger partial charge in [0.25, 0.3) is 11.3 Å². The zero-order chi connectivity index (χ0) is 21.3. The van der Waals surface area contributed by atoms with Crippen molar-refractivity contribution in [3.05, 3.63) is 75.5 Å². The summed E-state index contributed by atoms with van der Waals surface area (Å²) < 4.78 is 19.7. The first-order valence-corrected chi connectivity index (χ1v) is 9.47. The van der Waals surface area contributed by atoms with Crippen molar-refractivity contribution < 1.29 is 13.7 Å². The summed E-state index contributed by atoms with van der Waals surface area (Å²) in [5.74, 6) is -0.687. The number of rotatable bonds is 5. The van der Waals surface area contributed by atoms with Gasteiger partial charge in [-0.15, -0.1) is 0 Å². The Kier molecular flexibility index (Phi) is 5.33. The van der Waals surface area contributed by atoms with Crippen LogP contribution < -0.4 is 10.9 Å². The van der Waals surface area contributed by atoms with E-state index in [0.717, 1.165) is 0 Å². The van der Waals surface area contributed by atoms with Crippen molar-refractivity contribution in [3.63, 3.8) is 0 Å². The van der Waals surface area contributed by atoms with Crippen molar-refractivity contribution in [2.75, 3.05) is 5.32 Å². The van der Waals surface area contributed by atoms with E-state index in [1.54, 1.807) is 31.2 Å². The molecule has 0 aliphatic carbocycles. The summed E-state index contributed by atoms with van der Waals surface area (Å²) in [5.41, 5.74) is 1.69. The van der Waals surface area contributed by atoms with Gasteiger partial charge in [0, 0.05) is 24.2 Å². The van der Waals surface area contributed by atoms with E-state index in [2.05, 4.69) is 15.5 Å². The summed E-state index contributed by atoms with van der Waals surface area (Å²) in [6, 6.07) is 11.1. The topological polar surface area (TPSA) is 90.0 Å². The Morgan fingerprint density at radius 3 is 2.83 bits per heavy atom. The molecule has 4 rings (SSSR count). The minimum absolute atomic E-state index is 0.0244. The van der Waals surface area contributed by atoms with E-state index in [0.29, 0.717) is 27.5 Å². The second-order valence-corrected chi connectivity index (χ2v) is 7.10. The van der Waals surface area contributed by atoms with Gasteiger partial charge in [0.05, 0.1) is 5.02 Å². The van der Waals surface area contributed by atoms with Crippen LogP contribution in [0.2, 0.25) is 5.02 Å². The molecule has 1 amide bonds. The Labute approximate surface area is 175 Å². The molecule has 2 heterocycles. The molecular weight excluding hydrogens is 411 g/mol. The third kappa shape index (κ3) is 3.81. The molecule has 0 fully saturated rings. The second-order valence-electron chi connectivity index (χ2n) is 6.69. The number of amides is 1. The van der Waals surface area contributed by atoms with E-state index < -0.39 is 0 Å². The van der Waals surface area contributed by atoms with Crippen LogP contribution in [0.25, 0.3) is 22.4 Å². The molecule has 0 radical (unpaired) electrons. The largest absolute Gasteiger partial charge is 0.335 e. The maximum absolute atomic E-state index is 13.2. The number of benzene rings is 2. The molecule has 0 atom stereocenters. The number of aryl methyl sites for hydroxylation is 2. The number of fused-ring (bicyclic) bond motifs is 1. The van der Waals surface area contributed by atoms with Gasteiger partial charge >= 0.3 is 0 Å². The number of hydrogen-bond donors (Lipinski definition) is 1. The predicted octanol–water partition coefficient (Wildman–Crippen LogP) is 4.18. The van der Waals surface area contributed by atoms with Gasteiger partial charge in [0.2, 0.25) is 5.91 Å². The molecule has 30 heavy (non-hydrogen) atoms. The van der Waals surface area contributed by atoms with E-state index in [-0.39, 0.29) is 41.3 Å². The molecule has 7 nitrogen and oxygen atoms in total. The second kappa shape index (κ2) is 8.08. The lowest BCUT2D eigenvalue weighted by Gasteiger charge is -2.09. The number of nitrogens with zero attached hydrogens (tertiary/aromatic N) is 3. The summed E-state index contributed by atoms with van der Waals surface area (Å²) in [7, 11) is 0. The van der Waals surface area contributed by atoms with Crippen molar-refractivity contribution >= 4 is 34.3 Å². The van der Waals surface area contributed by atoms with E-state index in [9.17, 15) is 14.0 Å². The van der Waals surface area contributed by atoms with Gasteiger partial charge in [-0.2, -0.15) is 0 Å². The van der Waals surface area contributed by atoms with Gasteiger partial charge in [-0.1, -0.05) is 35.0 Å². The highest BCUT2D eigenvalue weighted by Gasteiger charge is 2.19. The van der Waals surface area contributed by atoms with E-state index >= 15 is 0 Å². The highest BCUT2D eigenvalue weighted by molar-refractivity contribution is 6.33. The van der Waals surface area contributed by atoms with Crippen LogP contribution in [0.5, 0.6) is 0 Å². The number of nitrogens with one attached hydrogen (secondary N) is 1. The Hall–Kier alpha value is -3.52. The smallest absolute Gasteiger partial charge is 0.266 e. The average Bonchev–Trinajstić information content (AvgIpc) is 3.15. The lowest BCUT2D eigenvalue weighted by atomic mass is 10.1. The first kappa shape index (κ1) is 19.8. The lowest BCUT2D eigenvalue weighted by molar-refractivity contribution is -0.116. The molecule has 152 valence electrons. The van der Waals surface area contributed by atoms with Crippen LogP contribution in [0, 0.1) is 12.7 Å². The van der Waals surface area contributed by atoms with Gasteiger partial charge < -0.3 is 9.84 Å². The maximum Gasteiger partial charge on any atom is 0.266 e. The molecule has 0 bridgehead atoms. The van der Waals surface area contributed by atoms with Crippen LogP contribution in [0.1, 0.15) is 12.0 Å². The van der Waals surface area contributed by atoms with Crippen molar-refractivity contribution in [1.29, 1.82) is 0 Å². The fourth-order valence-electron chi connectivity index (χ4n) is 3.08. The summed E-state index contributed by atoms with van der Waals surface area (Å²) in [6.45, 7) is 1.80. The van der Waals surface area contributed by atoms with Crippen LogP contribution in [0.15, 0.2) is 58.1 Å². The van der Waals surface area contributed by atoms with Crippen molar-refractivity contribution in [3.8, 4) is 11.3 Å². The van der Waals surface area contributed by atoms with Gasteiger partial charge in [0.15, 0.2) is 0 Å². The fourth-order valence-corrected chi connectivity index (χ4v) is 3.30. The van der Waals surface area contributed by atoms with E-state index in [1.807, 2.05) is 0 Å². The standard InChI is InChI=1S/C21H16ClFN4O3/c1-12-10-13(23)6-7-16(12)25-17(28)8-9-27-11-24-20-18(21(27)29)19(26-30-20)14-4-2-3-5-15(14)22/h2-7,10-11H,8-9H2,1H3,(H,25,28). The molecule has 2 aromatic carbocycles. The molecule has 0 saturated heterocycles. The lowest BCUT2D eigenvalue weighted by Crippen LogP contribution is -2.23. The highest BCUT2D eigenvalue weighted by atomic mass is 35.5. The summed E-state index contributed by atoms with van der Waals surface area (Å²) >= 11 is 6.22. The molecule has 1 N–H and O–H groups in total. The van der Waals surface area contributed by atoms with Crippen LogP contribution in [-0.4, -0.2) is 20.6 Å². The van der Waals surface area contributed by atoms with Crippen molar-refractivity contribution in [2.45, 2.75) is 19.9 Å². The van der Waals surface area contributed by atoms with Gasteiger partial charge in [-0.25, -0.2) is 9.37 Å². The fraction of sp³-hybridized carbons (Fsp3) is 0.143. The van der Waals surface area contributed by atoms with Crippen molar-refractivity contribution in [1.82, 2.24) is 14.7 Å². The number of halogens is 2. The number of aromatic nitrogens is 3. The number of hydrogen-bond acceptors (Lipinski definition) is 5. The molecule has 0 aliphatic rings. The molecule has 0 aliphatic heterocycles. The third-order valence-electron chi connectivity index (χ3n) is 4.63. The average molecular weight is 427 g/mol. The van der Waals surface area contributed by atoms with Gasteiger partial charge in [-0.3, -0.25) is 14.2 Å². The monoisotopic (exact) mass is 426 g/mol. The normalized spacial score (nSPS) is 11.0. The molecule has 0 spiro atoms. The molecule has 2 aromatic heterocycles. The van der Waals surface area contributed by atoms with Gasteiger partial charge in [-0.05, 0) is 36.8 Å². The maximum atomic E-state index is 13.2.